The average Bonchev–Trinajstić information content (AvgIpc) is 3.62. The molecule has 0 aliphatic rings. The van der Waals surface area contributed by atoms with Crippen molar-refractivity contribution in [3.63, 3.8) is 0 Å². The predicted molar refractivity (Wildman–Crippen MR) is 220 cm³/mol. The van der Waals surface area contributed by atoms with Crippen LogP contribution in [0.1, 0.15) is 0 Å². The first-order chi connectivity index (χ1) is 25.8. The molecule has 0 radical (unpaired) electrons. The summed E-state index contributed by atoms with van der Waals surface area (Å²) in [6, 6.07) is 71.7. The van der Waals surface area contributed by atoms with Gasteiger partial charge in [0.05, 0.1) is 11.1 Å². The Hall–Kier alpha value is -6.90. The Morgan fingerprint density at radius 2 is 0.865 bits per heavy atom. The Morgan fingerprint density at radius 3 is 1.60 bits per heavy atom. The van der Waals surface area contributed by atoms with Gasteiger partial charge in [0, 0.05) is 22.1 Å². The lowest BCUT2D eigenvalue weighted by molar-refractivity contribution is 0.672. The van der Waals surface area contributed by atoms with Crippen molar-refractivity contribution in [2.24, 2.45) is 0 Å². The van der Waals surface area contributed by atoms with E-state index in [1.54, 1.807) is 0 Å². The third kappa shape index (κ3) is 5.21. The summed E-state index contributed by atoms with van der Waals surface area (Å²) in [5.41, 5.74) is 12.2. The number of hydrogen-bond acceptors (Lipinski definition) is 2. The van der Waals surface area contributed by atoms with Gasteiger partial charge in [-0.15, -0.1) is 0 Å². The molecule has 10 aromatic rings. The van der Waals surface area contributed by atoms with Crippen LogP contribution in [0.5, 0.6) is 0 Å². The van der Waals surface area contributed by atoms with Crippen molar-refractivity contribution in [1.29, 1.82) is 0 Å². The van der Waals surface area contributed by atoms with Crippen LogP contribution < -0.4 is 4.90 Å². The Morgan fingerprint density at radius 1 is 0.327 bits per heavy atom. The van der Waals surface area contributed by atoms with Crippen molar-refractivity contribution < 1.29 is 4.42 Å². The molecule has 0 spiro atoms. The van der Waals surface area contributed by atoms with Crippen LogP contribution in [0.15, 0.2) is 205 Å². The normalized spacial score (nSPS) is 11.5. The lowest BCUT2D eigenvalue weighted by Crippen LogP contribution is -2.10. The molecule has 0 amide bonds. The van der Waals surface area contributed by atoms with Gasteiger partial charge in [-0.05, 0) is 104 Å². The summed E-state index contributed by atoms with van der Waals surface area (Å²) in [4.78, 5) is 2.36. The summed E-state index contributed by atoms with van der Waals surface area (Å²) in [6.07, 6.45) is 0. The predicted octanol–water partition coefficient (Wildman–Crippen LogP) is 14.4. The minimum atomic E-state index is 0.871. The molecule has 0 N–H and O–H groups in total. The van der Waals surface area contributed by atoms with Crippen LogP contribution in [-0.4, -0.2) is 0 Å². The van der Waals surface area contributed by atoms with E-state index in [4.69, 9.17) is 4.42 Å². The second-order valence-corrected chi connectivity index (χ2v) is 13.4. The molecule has 9 aromatic carbocycles. The summed E-state index contributed by atoms with van der Waals surface area (Å²) in [6.45, 7) is 0. The van der Waals surface area contributed by atoms with Gasteiger partial charge in [0.15, 0.2) is 0 Å². The van der Waals surface area contributed by atoms with Crippen LogP contribution in [0.2, 0.25) is 0 Å². The third-order valence-electron chi connectivity index (χ3n) is 10.2. The first kappa shape index (κ1) is 30.0. The zero-order valence-corrected chi connectivity index (χ0v) is 28.4. The molecular weight excluding hydrogens is 631 g/mol. The van der Waals surface area contributed by atoms with Gasteiger partial charge in [0.25, 0.3) is 0 Å². The summed E-state index contributed by atoms with van der Waals surface area (Å²) in [5, 5.41) is 6.99. The fraction of sp³-hybridized carbons (Fsp3) is 0. The smallest absolute Gasteiger partial charge is 0.143 e. The van der Waals surface area contributed by atoms with Gasteiger partial charge in [-0.3, -0.25) is 0 Å². The molecule has 2 heteroatoms. The molecule has 244 valence electrons. The van der Waals surface area contributed by atoms with Crippen molar-refractivity contribution >= 4 is 60.5 Å². The fourth-order valence-corrected chi connectivity index (χ4v) is 7.63. The number of anilines is 3. The van der Waals surface area contributed by atoms with E-state index in [0.717, 1.165) is 44.4 Å². The van der Waals surface area contributed by atoms with Gasteiger partial charge in [-0.25, -0.2) is 0 Å². The lowest BCUT2D eigenvalue weighted by atomic mass is 9.98. The fourth-order valence-electron chi connectivity index (χ4n) is 7.63. The van der Waals surface area contributed by atoms with Gasteiger partial charge < -0.3 is 9.32 Å². The highest BCUT2D eigenvalue weighted by Crippen LogP contribution is 2.45. The number of furan rings is 1. The van der Waals surface area contributed by atoms with E-state index in [1.807, 2.05) is 0 Å². The Bertz CT molecular complexity index is 2890. The molecule has 1 aromatic heterocycles. The zero-order valence-electron chi connectivity index (χ0n) is 28.4. The van der Waals surface area contributed by atoms with Gasteiger partial charge >= 0.3 is 0 Å². The summed E-state index contributed by atoms with van der Waals surface area (Å²) < 4.78 is 6.64. The van der Waals surface area contributed by atoms with Gasteiger partial charge in [-0.1, -0.05) is 146 Å². The SMILES string of the molecule is c1ccc(-c2cccc(-c3ccc(N(c4ccc(-c5ccc6ccccc6c5)cc4)c4cccc5oc6c7ccccc7ccc6c45)cc3)c2)cc1. The summed E-state index contributed by atoms with van der Waals surface area (Å²) >= 11 is 0. The van der Waals surface area contributed by atoms with Gasteiger partial charge in [0.2, 0.25) is 0 Å². The lowest BCUT2D eigenvalue weighted by Gasteiger charge is -2.26. The molecule has 10 rings (SSSR count). The Balaban J connectivity index is 1.11. The minimum Gasteiger partial charge on any atom is -0.455 e. The molecule has 0 unspecified atom stereocenters. The van der Waals surface area contributed by atoms with Crippen molar-refractivity contribution in [2.75, 3.05) is 4.90 Å². The maximum atomic E-state index is 6.64. The molecule has 0 saturated carbocycles. The number of nitrogens with zero attached hydrogens (tertiary/aromatic N) is 1. The van der Waals surface area contributed by atoms with E-state index in [2.05, 4.69) is 205 Å². The first-order valence-electron chi connectivity index (χ1n) is 17.8. The molecule has 0 aliphatic heterocycles. The van der Waals surface area contributed by atoms with Crippen LogP contribution in [0, 0.1) is 0 Å². The molecule has 0 atom stereocenters. The molecule has 0 aliphatic carbocycles. The second kappa shape index (κ2) is 12.5. The highest BCUT2D eigenvalue weighted by molar-refractivity contribution is 6.19. The topological polar surface area (TPSA) is 16.4 Å². The Kier molecular flexibility index (Phi) is 7.18. The third-order valence-corrected chi connectivity index (χ3v) is 10.2. The van der Waals surface area contributed by atoms with E-state index in [0.29, 0.717) is 0 Å². The second-order valence-electron chi connectivity index (χ2n) is 13.4. The maximum Gasteiger partial charge on any atom is 0.143 e. The maximum absolute atomic E-state index is 6.64. The van der Waals surface area contributed by atoms with Crippen LogP contribution in [-0.2, 0) is 0 Å². The first-order valence-corrected chi connectivity index (χ1v) is 17.8. The molecule has 0 saturated heterocycles. The van der Waals surface area contributed by atoms with E-state index in [-0.39, 0.29) is 0 Å². The summed E-state index contributed by atoms with van der Waals surface area (Å²) in [5.74, 6) is 0. The number of benzene rings is 9. The monoisotopic (exact) mass is 663 g/mol. The van der Waals surface area contributed by atoms with Gasteiger partial charge in [0.1, 0.15) is 11.2 Å². The van der Waals surface area contributed by atoms with E-state index < -0.39 is 0 Å². The molecule has 2 nitrogen and oxygen atoms in total. The highest BCUT2D eigenvalue weighted by atomic mass is 16.3. The van der Waals surface area contributed by atoms with Crippen molar-refractivity contribution in [1.82, 2.24) is 0 Å². The molecule has 1 heterocycles. The van der Waals surface area contributed by atoms with Crippen molar-refractivity contribution in [3.8, 4) is 33.4 Å². The largest absolute Gasteiger partial charge is 0.455 e. The Labute approximate surface area is 302 Å². The molecule has 0 fully saturated rings. The van der Waals surface area contributed by atoms with Gasteiger partial charge in [-0.2, -0.15) is 0 Å². The number of hydrogen-bond donors (Lipinski definition) is 0. The van der Waals surface area contributed by atoms with E-state index in [9.17, 15) is 0 Å². The standard InChI is InChI=1S/C50H33NO/c1-2-10-34(11-3-1)40-15-8-16-41(32-40)36-22-27-43(28-23-36)51(44-29-24-37(25-30-44)42-21-20-35-12-4-5-14-39(35)33-42)47-18-9-19-48-49(47)46-31-26-38-13-6-7-17-45(38)50(46)52-48/h1-33H. The van der Waals surface area contributed by atoms with Crippen LogP contribution in [0.25, 0.3) is 76.9 Å². The number of fused-ring (bicyclic) bond motifs is 6. The van der Waals surface area contributed by atoms with Crippen molar-refractivity contribution in [2.45, 2.75) is 0 Å². The van der Waals surface area contributed by atoms with Crippen LogP contribution in [0.4, 0.5) is 17.1 Å². The average molecular weight is 664 g/mol. The highest BCUT2D eigenvalue weighted by Gasteiger charge is 2.20. The molecular formula is C50H33NO. The van der Waals surface area contributed by atoms with E-state index in [1.165, 1.54) is 49.5 Å². The van der Waals surface area contributed by atoms with Crippen LogP contribution >= 0.6 is 0 Å². The van der Waals surface area contributed by atoms with E-state index >= 15 is 0 Å². The molecule has 52 heavy (non-hydrogen) atoms. The minimum absolute atomic E-state index is 0.871. The molecule has 0 bridgehead atoms. The van der Waals surface area contributed by atoms with Crippen molar-refractivity contribution in [3.05, 3.63) is 200 Å². The summed E-state index contributed by atoms with van der Waals surface area (Å²) in [7, 11) is 0. The number of rotatable bonds is 6. The quantitative estimate of drug-likeness (QED) is 0.176. The zero-order chi connectivity index (χ0) is 34.4. The van der Waals surface area contributed by atoms with Crippen LogP contribution in [0.3, 0.4) is 0 Å².